The molecule has 21 heavy (non-hydrogen) atoms. The van der Waals surface area contributed by atoms with E-state index in [0.29, 0.717) is 0 Å². The van der Waals surface area contributed by atoms with Crippen molar-refractivity contribution in [3.8, 4) is 0 Å². The number of nitrogens with one attached hydrogen (secondary N) is 1. The first-order chi connectivity index (χ1) is 9.47. The van der Waals surface area contributed by atoms with Gasteiger partial charge in [-0.3, -0.25) is 4.90 Å². The molecule has 2 rings (SSSR count). The van der Waals surface area contributed by atoms with E-state index >= 15 is 0 Å². The monoisotopic (exact) mass is 322 g/mol. The van der Waals surface area contributed by atoms with Crippen LogP contribution in [0.3, 0.4) is 0 Å². The minimum atomic E-state index is -4.09. The normalized spacial score (nSPS) is 18.1. The number of benzene rings is 1. The Morgan fingerprint density at radius 3 is 2.38 bits per heavy atom. The van der Waals surface area contributed by atoms with Crippen LogP contribution >= 0.6 is 12.4 Å². The second-order valence-corrected chi connectivity index (χ2v) is 5.31. The van der Waals surface area contributed by atoms with Gasteiger partial charge in [-0.25, -0.2) is 0 Å². The highest BCUT2D eigenvalue weighted by molar-refractivity contribution is 5.85. The molecule has 1 aromatic rings. The third-order valence-electron chi connectivity index (χ3n) is 3.84. The standard InChI is InChI=1S/C15H21F3N2.ClH/c1-12-4-2-3-5-13(12)14(6-7-15(16,17)18)20-10-8-19-9-11-20;/h2-5,14,19H,6-11H2,1H3;1H/t14-;/m1./s1. The molecular weight excluding hydrogens is 301 g/mol. The van der Waals surface area contributed by atoms with Crippen molar-refractivity contribution in [1.82, 2.24) is 10.2 Å². The summed E-state index contributed by atoms with van der Waals surface area (Å²) in [5, 5.41) is 3.24. The maximum atomic E-state index is 12.6. The van der Waals surface area contributed by atoms with E-state index in [0.717, 1.165) is 37.3 Å². The van der Waals surface area contributed by atoms with Crippen molar-refractivity contribution >= 4 is 12.4 Å². The molecule has 0 radical (unpaired) electrons. The molecule has 1 N–H and O–H groups in total. The topological polar surface area (TPSA) is 15.3 Å². The molecule has 1 fully saturated rings. The van der Waals surface area contributed by atoms with Crippen molar-refractivity contribution in [2.45, 2.75) is 32.0 Å². The largest absolute Gasteiger partial charge is 0.389 e. The van der Waals surface area contributed by atoms with Gasteiger partial charge in [0.1, 0.15) is 0 Å². The van der Waals surface area contributed by atoms with Gasteiger partial charge in [-0.05, 0) is 24.5 Å². The van der Waals surface area contributed by atoms with Gasteiger partial charge in [0.15, 0.2) is 0 Å². The molecule has 1 heterocycles. The van der Waals surface area contributed by atoms with Gasteiger partial charge in [-0.1, -0.05) is 24.3 Å². The molecule has 1 aromatic carbocycles. The van der Waals surface area contributed by atoms with E-state index in [2.05, 4.69) is 10.2 Å². The number of alkyl halides is 3. The van der Waals surface area contributed by atoms with Crippen LogP contribution < -0.4 is 5.32 Å². The second kappa shape index (κ2) is 8.01. The molecule has 6 heteroatoms. The molecule has 1 aliphatic heterocycles. The summed E-state index contributed by atoms with van der Waals surface area (Å²) in [4.78, 5) is 2.17. The summed E-state index contributed by atoms with van der Waals surface area (Å²) in [6.07, 6.45) is -4.68. The van der Waals surface area contributed by atoms with Crippen LogP contribution in [0, 0.1) is 6.92 Å². The molecule has 2 nitrogen and oxygen atoms in total. The quantitative estimate of drug-likeness (QED) is 0.909. The van der Waals surface area contributed by atoms with E-state index in [9.17, 15) is 13.2 Å². The lowest BCUT2D eigenvalue weighted by molar-refractivity contribution is -0.138. The number of halogens is 4. The maximum Gasteiger partial charge on any atom is 0.389 e. The van der Waals surface area contributed by atoms with E-state index < -0.39 is 12.6 Å². The Morgan fingerprint density at radius 1 is 1.19 bits per heavy atom. The lowest BCUT2D eigenvalue weighted by atomic mass is 9.95. The average Bonchev–Trinajstić information content (AvgIpc) is 2.41. The van der Waals surface area contributed by atoms with Gasteiger partial charge in [0.2, 0.25) is 0 Å². The fourth-order valence-corrected chi connectivity index (χ4v) is 2.79. The highest BCUT2D eigenvalue weighted by Crippen LogP contribution is 2.33. The number of hydrogen-bond donors (Lipinski definition) is 1. The number of aryl methyl sites for hydroxylation is 1. The molecule has 0 bridgehead atoms. The predicted molar refractivity (Wildman–Crippen MR) is 80.9 cm³/mol. The molecular formula is C15H22ClF3N2. The van der Waals surface area contributed by atoms with Crippen molar-refractivity contribution in [2.75, 3.05) is 26.2 Å². The zero-order valence-electron chi connectivity index (χ0n) is 12.1. The zero-order chi connectivity index (χ0) is 14.6. The third kappa shape index (κ3) is 5.49. The Hall–Kier alpha value is -0.780. The zero-order valence-corrected chi connectivity index (χ0v) is 12.9. The van der Waals surface area contributed by atoms with E-state index in [-0.39, 0.29) is 24.9 Å². The predicted octanol–water partition coefficient (Wildman–Crippen LogP) is 3.71. The lowest BCUT2D eigenvalue weighted by Crippen LogP contribution is -2.45. The van der Waals surface area contributed by atoms with E-state index in [4.69, 9.17) is 0 Å². The summed E-state index contributed by atoms with van der Waals surface area (Å²) < 4.78 is 37.7. The SMILES string of the molecule is Cc1ccccc1[C@@H](CCC(F)(F)F)N1CCNCC1.Cl. The molecule has 0 spiro atoms. The first kappa shape index (κ1) is 18.3. The molecule has 1 aliphatic rings. The second-order valence-electron chi connectivity index (χ2n) is 5.31. The average molecular weight is 323 g/mol. The maximum absolute atomic E-state index is 12.6. The Bertz CT molecular complexity index is 431. The van der Waals surface area contributed by atoms with E-state index in [1.54, 1.807) is 0 Å². The van der Waals surface area contributed by atoms with Crippen LogP contribution in [0.15, 0.2) is 24.3 Å². The van der Waals surface area contributed by atoms with Crippen LogP contribution in [0.1, 0.15) is 30.0 Å². The molecule has 120 valence electrons. The van der Waals surface area contributed by atoms with Crippen molar-refractivity contribution in [3.05, 3.63) is 35.4 Å². The summed E-state index contributed by atoms with van der Waals surface area (Å²) in [6.45, 7) is 5.26. The van der Waals surface area contributed by atoms with Gasteiger partial charge in [0.25, 0.3) is 0 Å². The lowest BCUT2D eigenvalue weighted by Gasteiger charge is -2.36. The Morgan fingerprint density at radius 2 is 1.81 bits per heavy atom. The fraction of sp³-hybridized carbons (Fsp3) is 0.600. The summed E-state index contributed by atoms with van der Waals surface area (Å²) >= 11 is 0. The highest BCUT2D eigenvalue weighted by Gasteiger charge is 2.31. The van der Waals surface area contributed by atoms with Gasteiger partial charge >= 0.3 is 6.18 Å². The highest BCUT2D eigenvalue weighted by atomic mass is 35.5. The molecule has 0 unspecified atom stereocenters. The van der Waals surface area contributed by atoms with E-state index in [1.165, 1.54) is 0 Å². The number of hydrogen-bond acceptors (Lipinski definition) is 2. The summed E-state index contributed by atoms with van der Waals surface area (Å²) in [6, 6.07) is 7.62. The molecule has 0 aromatic heterocycles. The molecule has 0 amide bonds. The number of rotatable bonds is 4. The van der Waals surface area contributed by atoms with Gasteiger partial charge in [-0.2, -0.15) is 13.2 Å². The first-order valence-corrected chi connectivity index (χ1v) is 7.04. The Balaban J connectivity index is 0.00000220. The van der Waals surface area contributed by atoms with Gasteiger partial charge in [-0.15, -0.1) is 12.4 Å². The van der Waals surface area contributed by atoms with Crippen LogP contribution in [0.5, 0.6) is 0 Å². The van der Waals surface area contributed by atoms with Crippen molar-refractivity contribution < 1.29 is 13.2 Å². The minimum Gasteiger partial charge on any atom is -0.314 e. The Kier molecular flexibility index (Phi) is 6.97. The van der Waals surface area contributed by atoms with Crippen molar-refractivity contribution in [3.63, 3.8) is 0 Å². The number of nitrogens with zero attached hydrogens (tertiary/aromatic N) is 1. The number of piperazine rings is 1. The minimum absolute atomic E-state index is 0. The van der Waals surface area contributed by atoms with Crippen molar-refractivity contribution in [2.24, 2.45) is 0 Å². The van der Waals surface area contributed by atoms with Crippen LogP contribution in [0.25, 0.3) is 0 Å². The molecule has 1 atom stereocenters. The van der Waals surface area contributed by atoms with Gasteiger partial charge < -0.3 is 5.32 Å². The fourth-order valence-electron chi connectivity index (χ4n) is 2.79. The summed E-state index contributed by atoms with van der Waals surface area (Å²) in [5.74, 6) is 0. The van der Waals surface area contributed by atoms with E-state index in [1.807, 2.05) is 31.2 Å². The van der Waals surface area contributed by atoms with Gasteiger partial charge in [0.05, 0.1) is 0 Å². The van der Waals surface area contributed by atoms with Crippen LogP contribution in [0.2, 0.25) is 0 Å². The summed E-state index contributed by atoms with van der Waals surface area (Å²) in [7, 11) is 0. The third-order valence-corrected chi connectivity index (χ3v) is 3.84. The van der Waals surface area contributed by atoms with Crippen LogP contribution in [-0.4, -0.2) is 37.3 Å². The smallest absolute Gasteiger partial charge is 0.314 e. The Labute approximate surface area is 130 Å². The van der Waals surface area contributed by atoms with Gasteiger partial charge in [0, 0.05) is 38.6 Å². The summed E-state index contributed by atoms with van der Waals surface area (Å²) in [5.41, 5.74) is 2.09. The first-order valence-electron chi connectivity index (χ1n) is 7.04. The molecule has 1 saturated heterocycles. The molecule has 0 aliphatic carbocycles. The van der Waals surface area contributed by atoms with Crippen LogP contribution in [0.4, 0.5) is 13.2 Å². The van der Waals surface area contributed by atoms with Crippen LogP contribution in [-0.2, 0) is 0 Å². The van der Waals surface area contributed by atoms with Crippen molar-refractivity contribution in [1.29, 1.82) is 0 Å². The molecule has 0 saturated carbocycles.